The first-order chi connectivity index (χ1) is 26.3. The lowest BCUT2D eigenvalue weighted by atomic mass is 9.73. The number of aryl methyl sites for hydroxylation is 1. The average molecular weight is 714 g/mol. The summed E-state index contributed by atoms with van der Waals surface area (Å²) in [6, 6.07) is 35.5. The summed E-state index contributed by atoms with van der Waals surface area (Å²) in [7, 11) is 1.76. The third-order valence-corrected chi connectivity index (χ3v) is 11.8. The van der Waals surface area contributed by atoms with Gasteiger partial charge in [-0.3, -0.25) is 4.79 Å². The zero-order chi connectivity index (χ0) is 37.4. The fraction of sp³-hybridized carbons (Fsp3) is 0.265. The van der Waals surface area contributed by atoms with Crippen LogP contribution in [0.25, 0.3) is 33.4 Å². The Kier molecular flexibility index (Phi) is 9.68. The van der Waals surface area contributed by atoms with Gasteiger partial charge in [-0.15, -0.1) is 0 Å². The molecule has 0 bridgehead atoms. The van der Waals surface area contributed by atoms with Gasteiger partial charge in [-0.2, -0.15) is 4.58 Å². The van der Waals surface area contributed by atoms with Crippen molar-refractivity contribution in [1.29, 1.82) is 0 Å². The van der Waals surface area contributed by atoms with E-state index < -0.39 is 0 Å². The Morgan fingerprint density at radius 2 is 1.61 bits per heavy atom. The van der Waals surface area contributed by atoms with E-state index in [9.17, 15) is 9.90 Å². The molecule has 3 aliphatic rings. The number of hydrogen-bond donors (Lipinski definition) is 1. The number of ether oxygens (including phenoxy) is 1. The van der Waals surface area contributed by atoms with Crippen LogP contribution in [0.4, 0.5) is 5.69 Å². The number of aliphatic hydroxyl groups is 1. The van der Waals surface area contributed by atoms with Gasteiger partial charge in [0.25, 0.3) is 0 Å². The first-order valence-electron chi connectivity index (χ1n) is 19.4. The summed E-state index contributed by atoms with van der Waals surface area (Å²) in [6.45, 7) is 7.24. The Morgan fingerprint density at radius 1 is 0.907 bits per heavy atom. The third kappa shape index (κ3) is 6.20. The van der Waals surface area contributed by atoms with Crippen LogP contribution in [0.2, 0.25) is 0 Å². The molecular weight excluding hydrogens is 665 g/mol. The highest BCUT2D eigenvalue weighted by atomic mass is 16.5. The minimum absolute atomic E-state index is 0.0557. The standard InChI is InChI=1S/C49H48N2O3/c1-33-25-27-36(28-26-33)46-44(38-21-10-12-23-41(38)51(46)37-19-6-5-7-20-37)45-47(52)39(48(45)53)32-43-49(3,30-15-14-18-35-16-8-9-17-35)40-22-11-13-24-42(40)50(43)31-29-34(2)54-4/h5-13,16-17,19-28,32,34-35H,14-15,18,29-31H2,1-4H3/p+1. The topological polar surface area (TPSA) is 54.5 Å². The molecule has 0 spiro atoms. The molecule has 8 rings (SSSR count). The lowest BCUT2D eigenvalue weighted by molar-refractivity contribution is -0.440. The second-order valence-corrected chi connectivity index (χ2v) is 15.3. The van der Waals surface area contributed by atoms with Gasteiger partial charge in [0, 0.05) is 47.9 Å². The SMILES string of the molecule is COC(C)CC[N+]1=C(C=C2C(=O)C(c3c(-c4ccc(C)cc4)n(-c4ccccc4)c4ccccc34)=C2O)C(C)(CCCCC2C=CC=C2)c2ccccc21. The Labute approximate surface area is 318 Å². The summed E-state index contributed by atoms with van der Waals surface area (Å²) < 4.78 is 10.3. The van der Waals surface area contributed by atoms with Crippen molar-refractivity contribution in [2.45, 2.75) is 64.4 Å². The van der Waals surface area contributed by atoms with E-state index in [4.69, 9.17) is 4.74 Å². The predicted molar refractivity (Wildman–Crippen MR) is 221 cm³/mol. The first kappa shape index (κ1) is 35.5. The largest absolute Gasteiger partial charge is 0.506 e. The van der Waals surface area contributed by atoms with Gasteiger partial charge in [0.15, 0.2) is 12.3 Å². The van der Waals surface area contributed by atoms with Gasteiger partial charge < -0.3 is 14.4 Å². The molecule has 2 aliphatic carbocycles. The Balaban J connectivity index is 1.27. The number of carbonyl (C=O) groups excluding carboxylic acids is 1. The molecule has 4 aromatic carbocycles. The number of unbranched alkanes of at least 4 members (excludes halogenated alkanes) is 1. The number of nitrogens with zero attached hydrogens (tertiary/aromatic N) is 2. The van der Waals surface area contributed by atoms with Crippen LogP contribution in [-0.4, -0.2) is 45.5 Å². The van der Waals surface area contributed by atoms with E-state index in [0.717, 1.165) is 83.3 Å². The number of Topliss-reactive ketones (excluding diaryl/α,β-unsaturated/α-hetero) is 1. The van der Waals surface area contributed by atoms with Gasteiger partial charge in [-0.25, -0.2) is 0 Å². The van der Waals surface area contributed by atoms with E-state index in [1.807, 2.05) is 36.4 Å². The predicted octanol–water partition coefficient (Wildman–Crippen LogP) is 11.2. The number of benzene rings is 4. The van der Waals surface area contributed by atoms with Crippen molar-refractivity contribution in [2.24, 2.45) is 5.92 Å². The fourth-order valence-corrected chi connectivity index (χ4v) is 8.69. The van der Waals surface area contributed by atoms with Gasteiger partial charge in [-0.05, 0) is 63.3 Å². The second kappa shape index (κ2) is 14.7. The van der Waals surface area contributed by atoms with E-state index in [-0.39, 0.29) is 23.1 Å². The smallest absolute Gasteiger partial charge is 0.209 e. The minimum Gasteiger partial charge on any atom is -0.506 e. The van der Waals surface area contributed by atoms with Crippen molar-refractivity contribution in [3.8, 4) is 16.9 Å². The summed E-state index contributed by atoms with van der Waals surface area (Å²) in [6.07, 6.45) is 16.0. The van der Waals surface area contributed by atoms with Crippen LogP contribution < -0.4 is 0 Å². The Bertz CT molecular complexity index is 2380. The van der Waals surface area contributed by atoms with Gasteiger partial charge in [-0.1, -0.05) is 122 Å². The molecule has 0 saturated carbocycles. The summed E-state index contributed by atoms with van der Waals surface area (Å²) in [5.74, 6) is 0.435. The van der Waals surface area contributed by atoms with E-state index in [0.29, 0.717) is 17.1 Å². The van der Waals surface area contributed by atoms with Crippen molar-refractivity contribution in [3.63, 3.8) is 0 Å². The zero-order valence-corrected chi connectivity index (χ0v) is 31.8. The summed E-state index contributed by atoms with van der Waals surface area (Å²) in [5, 5.41) is 13.1. The van der Waals surface area contributed by atoms with Gasteiger partial charge in [0.05, 0.1) is 33.9 Å². The molecule has 5 heteroatoms. The van der Waals surface area contributed by atoms with Crippen molar-refractivity contribution in [3.05, 3.63) is 162 Å². The number of ketones is 1. The van der Waals surface area contributed by atoms with Crippen LogP contribution in [0.1, 0.15) is 62.6 Å². The highest BCUT2D eigenvalue weighted by Gasteiger charge is 2.49. The summed E-state index contributed by atoms with van der Waals surface area (Å²) in [4.78, 5) is 14.7. The van der Waals surface area contributed by atoms with E-state index in [1.54, 1.807) is 7.11 Å². The highest BCUT2D eigenvalue weighted by Crippen LogP contribution is 2.49. The van der Waals surface area contributed by atoms with Crippen LogP contribution in [0.3, 0.4) is 0 Å². The maximum absolute atomic E-state index is 14.7. The molecule has 1 aromatic heterocycles. The quantitative estimate of drug-likeness (QED) is 0.0751. The number of rotatable bonds is 13. The first-order valence-corrected chi connectivity index (χ1v) is 19.4. The molecule has 5 nitrogen and oxygen atoms in total. The fourth-order valence-electron chi connectivity index (χ4n) is 8.69. The van der Waals surface area contributed by atoms with Gasteiger partial charge in [0.2, 0.25) is 11.5 Å². The number of methoxy groups -OCH3 is 1. The Hall–Kier alpha value is -5.52. The van der Waals surface area contributed by atoms with Crippen molar-refractivity contribution in [2.75, 3.05) is 13.7 Å². The van der Waals surface area contributed by atoms with Crippen LogP contribution in [0.5, 0.6) is 0 Å². The summed E-state index contributed by atoms with van der Waals surface area (Å²) in [5.41, 5.74) is 9.68. The molecule has 272 valence electrons. The second-order valence-electron chi connectivity index (χ2n) is 15.3. The third-order valence-electron chi connectivity index (χ3n) is 11.8. The molecule has 2 unspecified atom stereocenters. The van der Waals surface area contributed by atoms with Gasteiger partial charge in [0.1, 0.15) is 5.76 Å². The lowest BCUT2D eigenvalue weighted by Gasteiger charge is -2.26. The van der Waals surface area contributed by atoms with Crippen molar-refractivity contribution < 1.29 is 19.2 Å². The van der Waals surface area contributed by atoms with Crippen molar-refractivity contribution >= 4 is 33.7 Å². The molecule has 1 N–H and O–H groups in total. The number of para-hydroxylation sites is 3. The number of aromatic nitrogens is 1. The van der Waals surface area contributed by atoms with E-state index in [2.05, 4.69) is 127 Å². The average Bonchev–Trinajstić information content (AvgIpc) is 3.90. The normalized spacial score (nSPS) is 19.4. The van der Waals surface area contributed by atoms with Gasteiger partial charge >= 0.3 is 0 Å². The molecular formula is C49H49N2O3+. The summed E-state index contributed by atoms with van der Waals surface area (Å²) >= 11 is 0. The van der Waals surface area contributed by atoms with Crippen LogP contribution in [0, 0.1) is 12.8 Å². The van der Waals surface area contributed by atoms with Crippen LogP contribution in [-0.2, 0) is 14.9 Å². The maximum atomic E-state index is 14.7. The molecule has 54 heavy (non-hydrogen) atoms. The lowest BCUT2D eigenvalue weighted by Crippen LogP contribution is -2.34. The number of hydrogen-bond acceptors (Lipinski definition) is 3. The molecule has 2 atom stereocenters. The van der Waals surface area contributed by atoms with E-state index >= 15 is 0 Å². The van der Waals surface area contributed by atoms with Crippen LogP contribution >= 0.6 is 0 Å². The number of allylic oxidation sites excluding steroid dienone is 7. The maximum Gasteiger partial charge on any atom is 0.209 e. The molecule has 0 fully saturated rings. The molecule has 0 saturated heterocycles. The highest BCUT2D eigenvalue weighted by molar-refractivity contribution is 6.42. The molecule has 2 heterocycles. The number of aliphatic hydroxyl groups excluding tert-OH is 1. The number of carbonyl (C=O) groups is 1. The van der Waals surface area contributed by atoms with Crippen LogP contribution in [0.15, 0.2) is 145 Å². The monoisotopic (exact) mass is 713 g/mol. The number of fused-ring (bicyclic) bond motifs is 2. The molecule has 5 aromatic rings. The molecule has 1 aliphatic heterocycles. The zero-order valence-electron chi connectivity index (χ0n) is 31.8. The Morgan fingerprint density at radius 3 is 2.35 bits per heavy atom. The molecule has 0 amide bonds. The minimum atomic E-state index is -0.339. The molecule has 0 radical (unpaired) electrons. The van der Waals surface area contributed by atoms with Crippen molar-refractivity contribution in [1.82, 2.24) is 4.57 Å². The van der Waals surface area contributed by atoms with E-state index in [1.165, 1.54) is 11.3 Å².